The van der Waals surface area contributed by atoms with Crippen LogP contribution in [0.25, 0.3) is 16.3 Å². The fraction of sp³-hybridized carbons (Fsp3) is 0.400. The number of aromatic nitrogens is 4. The van der Waals surface area contributed by atoms with Crippen molar-refractivity contribution in [3.63, 3.8) is 0 Å². The quantitative estimate of drug-likeness (QED) is 0.766. The van der Waals surface area contributed by atoms with E-state index < -0.39 is 0 Å². The van der Waals surface area contributed by atoms with Gasteiger partial charge >= 0.3 is 0 Å². The molecule has 3 aromatic rings. The molecule has 0 amide bonds. The van der Waals surface area contributed by atoms with Crippen molar-refractivity contribution < 1.29 is 4.39 Å². The first-order valence-electron chi connectivity index (χ1n) is 7.53. The molecule has 4 rings (SSSR count). The summed E-state index contributed by atoms with van der Waals surface area (Å²) >= 11 is 1.64. The van der Waals surface area contributed by atoms with Crippen LogP contribution >= 0.6 is 11.3 Å². The maximum Gasteiger partial charge on any atom is 0.194 e. The van der Waals surface area contributed by atoms with Crippen LogP contribution < -0.4 is 10.6 Å². The van der Waals surface area contributed by atoms with Crippen molar-refractivity contribution in [1.29, 1.82) is 0 Å². The highest BCUT2D eigenvalue weighted by molar-refractivity contribution is 7.17. The minimum absolute atomic E-state index is 0.0262. The topological polar surface area (TPSA) is 67.1 Å². The van der Waals surface area contributed by atoms with Crippen LogP contribution in [0, 0.1) is 12.8 Å². The minimum Gasteiger partial charge on any atom is -0.364 e. The summed E-state index contributed by atoms with van der Waals surface area (Å²) in [4.78, 5) is 15.4. The number of thiazole rings is 1. The lowest BCUT2D eigenvalue weighted by Gasteiger charge is -2.17. The second-order valence-electron chi connectivity index (χ2n) is 5.75. The third-order valence-corrected chi connectivity index (χ3v) is 5.01. The van der Waals surface area contributed by atoms with Crippen molar-refractivity contribution in [3.8, 4) is 11.4 Å². The van der Waals surface area contributed by atoms with Gasteiger partial charge in [0.15, 0.2) is 4.96 Å². The molecule has 8 heteroatoms. The molecule has 0 spiro atoms. The average molecular weight is 332 g/mol. The number of rotatable bonds is 4. The molecule has 3 aromatic heterocycles. The summed E-state index contributed by atoms with van der Waals surface area (Å²) in [7, 11) is 0. The summed E-state index contributed by atoms with van der Waals surface area (Å²) in [6.45, 7) is 3.14. The fourth-order valence-corrected chi connectivity index (χ4v) is 3.70. The van der Waals surface area contributed by atoms with Gasteiger partial charge in [0, 0.05) is 36.1 Å². The van der Waals surface area contributed by atoms with Crippen LogP contribution in [0.1, 0.15) is 4.88 Å². The van der Waals surface area contributed by atoms with E-state index in [2.05, 4.69) is 32.5 Å². The number of imidazole rings is 1. The molecule has 1 saturated heterocycles. The molecule has 6 nitrogen and oxygen atoms in total. The highest BCUT2D eigenvalue weighted by Gasteiger charge is 2.27. The normalized spacial score (nSPS) is 21.1. The molecule has 120 valence electrons. The Labute approximate surface area is 136 Å². The summed E-state index contributed by atoms with van der Waals surface area (Å²) in [5.41, 5.74) is 1.66. The van der Waals surface area contributed by atoms with Crippen LogP contribution in [0.4, 0.5) is 10.2 Å². The van der Waals surface area contributed by atoms with Crippen molar-refractivity contribution in [2.24, 2.45) is 5.92 Å². The van der Waals surface area contributed by atoms with Crippen molar-refractivity contribution >= 4 is 22.1 Å². The number of alkyl halides is 1. The van der Waals surface area contributed by atoms with E-state index in [1.807, 2.05) is 10.6 Å². The Bertz CT molecular complexity index is 828. The number of fused-ring (bicyclic) bond motifs is 1. The Kier molecular flexibility index (Phi) is 3.70. The van der Waals surface area contributed by atoms with Crippen LogP contribution in [0.3, 0.4) is 0 Å². The molecule has 1 fully saturated rings. The van der Waals surface area contributed by atoms with E-state index in [1.165, 1.54) is 4.88 Å². The van der Waals surface area contributed by atoms with E-state index >= 15 is 0 Å². The number of anilines is 1. The number of aryl methyl sites for hydroxylation is 1. The maximum absolute atomic E-state index is 13.0. The molecule has 1 aliphatic heterocycles. The third kappa shape index (κ3) is 2.68. The molecular formula is C15H17FN6S. The van der Waals surface area contributed by atoms with E-state index in [0.29, 0.717) is 12.4 Å². The zero-order chi connectivity index (χ0) is 15.8. The molecule has 4 heterocycles. The molecule has 2 N–H and O–H groups in total. The molecule has 1 aliphatic rings. The van der Waals surface area contributed by atoms with Crippen molar-refractivity contribution in [2.45, 2.75) is 13.0 Å². The third-order valence-electron chi connectivity index (χ3n) is 4.09. The van der Waals surface area contributed by atoms with Gasteiger partial charge in [0.2, 0.25) is 0 Å². The van der Waals surface area contributed by atoms with Gasteiger partial charge in [0.1, 0.15) is 11.5 Å². The molecule has 0 saturated carbocycles. The first kappa shape index (κ1) is 14.5. The molecule has 0 aliphatic carbocycles. The van der Waals surface area contributed by atoms with Gasteiger partial charge in [0.25, 0.3) is 0 Å². The second-order valence-corrected chi connectivity index (χ2v) is 6.96. The van der Waals surface area contributed by atoms with Gasteiger partial charge in [-0.15, -0.1) is 11.3 Å². The lowest BCUT2D eigenvalue weighted by Crippen LogP contribution is -2.29. The molecule has 2 atom stereocenters. The molecular weight excluding hydrogens is 315 g/mol. The van der Waals surface area contributed by atoms with Gasteiger partial charge in [-0.1, -0.05) is 0 Å². The second kappa shape index (κ2) is 5.86. The summed E-state index contributed by atoms with van der Waals surface area (Å²) in [6.07, 6.45) is 7.25. The summed E-state index contributed by atoms with van der Waals surface area (Å²) < 4.78 is 15.0. The highest BCUT2D eigenvalue weighted by Crippen LogP contribution is 2.25. The van der Waals surface area contributed by atoms with E-state index in [0.717, 1.165) is 22.9 Å². The van der Waals surface area contributed by atoms with Crippen LogP contribution in [0.2, 0.25) is 0 Å². The van der Waals surface area contributed by atoms with Crippen LogP contribution in [-0.2, 0) is 0 Å². The summed E-state index contributed by atoms with van der Waals surface area (Å²) in [5.74, 6) is 0.637. The van der Waals surface area contributed by atoms with Crippen LogP contribution in [0.5, 0.6) is 0 Å². The average Bonchev–Trinajstić information content (AvgIpc) is 3.22. The maximum atomic E-state index is 13.0. The monoisotopic (exact) mass is 332 g/mol. The lowest BCUT2D eigenvalue weighted by molar-refractivity contribution is 0.367. The molecule has 0 aromatic carbocycles. The predicted molar refractivity (Wildman–Crippen MR) is 88.6 cm³/mol. The Balaban J connectivity index is 1.63. The summed E-state index contributed by atoms with van der Waals surface area (Å²) in [6, 6.07) is 0.0402. The first-order valence-corrected chi connectivity index (χ1v) is 8.35. The van der Waals surface area contributed by atoms with Crippen molar-refractivity contribution in [1.82, 2.24) is 24.7 Å². The molecule has 0 radical (unpaired) electrons. The standard InChI is InChI=1S/C15H17FN6S/c1-9-8-22-13(6-19-15(22)23-9)12-5-18-7-14(21-12)20-11-4-17-3-10(11)2-16/h5-8,10-11,17H,2-4H2,1H3,(H,20,21). The first-order chi connectivity index (χ1) is 11.2. The smallest absolute Gasteiger partial charge is 0.194 e. The van der Waals surface area contributed by atoms with Gasteiger partial charge in [-0.2, -0.15) is 0 Å². The van der Waals surface area contributed by atoms with E-state index in [1.54, 1.807) is 29.9 Å². The van der Waals surface area contributed by atoms with E-state index in [9.17, 15) is 4.39 Å². The molecule has 0 bridgehead atoms. The predicted octanol–water partition coefficient (Wildman–Crippen LogP) is 2.13. The Hall–Kier alpha value is -2.06. The Morgan fingerprint density at radius 3 is 3.17 bits per heavy atom. The summed E-state index contributed by atoms with van der Waals surface area (Å²) in [5, 5.41) is 6.49. The van der Waals surface area contributed by atoms with Gasteiger partial charge in [-0.05, 0) is 6.92 Å². The minimum atomic E-state index is -0.338. The lowest BCUT2D eigenvalue weighted by atomic mass is 10.1. The van der Waals surface area contributed by atoms with Gasteiger partial charge < -0.3 is 10.6 Å². The van der Waals surface area contributed by atoms with Gasteiger partial charge in [-0.3, -0.25) is 13.8 Å². The number of nitrogens with one attached hydrogen (secondary N) is 2. The van der Waals surface area contributed by atoms with Crippen LogP contribution in [-0.4, -0.2) is 45.2 Å². The zero-order valence-corrected chi connectivity index (χ0v) is 13.5. The van der Waals surface area contributed by atoms with Crippen molar-refractivity contribution in [3.05, 3.63) is 29.7 Å². The van der Waals surface area contributed by atoms with Gasteiger partial charge in [-0.25, -0.2) is 9.97 Å². The number of nitrogens with zero attached hydrogens (tertiary/aromatic N) is 4. The largest absolute Gasteiger partial charge is 0.364 e. The number of hydrogen-bond donors (Lipinski definition) is 2. The molecule has 2 unspecified atom stereocenters. The fourth-order valence-electron chi connectivity index (χ4n) is 2.90. The highest BCUT2D eigenvalue weighted by atomic mass is 32.1. The van der Waals surface area contributed by atoms with Crippen molar-refractivity contribution in [2.75, 3.05) is 25.1 Å². The van der Waals surface area contributed by atoms with E-state index in [-0.39, 0.29) is 18.6 Å². The SMILES string of the molecule is Cc1cn2c(-c3cncc(NC4CNCC4CF)n3)cnc2s1. The Morgan fingerprint density at radius 2 is 2.30 bits per heavy atom. The number of halogens is 1. The van der Waals surface area contributed by atoms with Gasteiger partial charge in [0.05, 0.1) is 31.0 Å². The van der Waals surface area contributed by atoms with E-state index in [4.69, 9.17) is 0 Å². The Morgan fingerprint density at radius 1 is 1.39 bits per heavy atom. The van der Waals surface area contributed by atoms with Crippen LogP contribution in [0.15, 0.2) is 24.8 Å². The number of hydrogen-bond acceptors (Lipinski definition) is 6. The zero-order valence-electron chi connectivity index (χ0n) is 12.7. The molecule has 23 heavy (non-hydrogen) atoms.